The third-order valence-corrected chi connectivity index (χ3v) is 5.46. The van der Waals surface area contributed by atoms with E-state index in [1.807, 2.05) is 23.4 Å². The molecule has 1 aromatic carbocycles. The molecule has 1 aliphatic heterocycles. The Bertz CT molecular complexity index is 671. The highest BCUT2D eigenvalue weighted by molar-refractivity contribution is 9.11. The Labute approximate surface area is 140 Å². The van der Waals surface area contributed by atoms with Gasteiger partial charge < -0.3 is 0 Å². The van der Waals surface area contributed by atoms with E-state index in [2.05, 4.69) is 40.1 Å². The van der Waals surface area contributed by atoms with Crippen LogP contribution in [0.25, 0.3) is 0 Å². The van der Waals surface area contributed by atoms with Crippen molar-refractivity contribution in [2.45, 2.75) is 13.0 Å². The molecule has 0 saturated carbocycles. The van der Waals surface area contributed by atoms with E-state index in [0.717, 1.165) is 9.47 Å². The van der Waals surface area contributed by atoms with E-state index in [1.165, 1.54) is 4.88 Å². The monoisotopic (exact) mass is 388 g/mol. The summed E-state index contributed by atoms with van der Waals surface area (Å²) in [6, 6.07) is 9.86. The Morgan fingerprint density at radius 3 is 2.70 bits per heavy atom. The molecule has 0 radical (unpaired) electrons. The van der Waals surface area contributed by atoms with E-state index in [4.69, 9.17) is 23.2 Å². The first-order valence-corrected chi connectivity index (χ1v) is 8.46. The van der Waals surface area contributed by atoms with E-state index in [9.17, 15) is 0 Å². The summed E-state index contributed by atoms with van der Waals surface area (Å²) < 4.78 is 1.12. The fourth-order valence-electron chi connectivity index (χ4n) is 2.30. The smallest absolute Gasteiger partial charge is 0.0943 e. The summed E-state index contributed by atoms with van der Waals surface area (Å²) in [6.07, 6.45) is 1.96. The number of nitrogens with zero attached hydrogens (tertiary/aromatic N) is 2. The van der Waals surface area contributed by atoms with Crippen molar-refractivity contribution in [3.63, 3.8) is 0 Å². The van der Waals surface area contributed by atoms with Crippen LogP contribution in [0.5, 0.6) is 0 Å². The van der Waals surface area contributed by atoms with Gasteiger partial charge in [0.15, 0.2) is 0 Å². The van der Waals surface area contributed by atoms with Crippen LogP contribution >= 0.6 is 50.5 Å². The predicted octanol–water partition coefficient (Wildman–Crippen LogP) is 6.00. The summed E-state index contributed by atoms with van der Waals surface area (Å²) in [5.74, 6) is 0.326. The minimum absolute atomic E-state index is 0.171. The summed E-state index contributed by atoms with van der Waals surface area (Å²) in [4.78, 5) is 1.26. The van der Waals surface area contributed by atoms with Gasteiger partial charge in [0.05, 0.1) is 20.5 Å². The molecule has 0 spiro atoms. The van der Waals surface area contributed by atoms with Gasteiger partial charge in [0.1, 0.15) is 0 Å². The van der Waals surface area contributed by atoms with Gasteiger partial charge in [0.25, 0.3) is 0 Å². The van der Waals surface area contributed by atoms with Gasteiger partial charge in [0.2, 0.25) is 0 Å². The van der Waals surface area contributed by atoms with Gasteiger partial charge in [-0.15, -0.1) is 11.3 Å². The number of hydrazone groups is 1. The van der Waals surface area contributed by atoms with Crippen LogP contribution in [0.15, 0.2) is 39.2 Å². The van der Waals surface area contributed by atoms with E-state index < -0.39 is 0 Å². The number of hydrogen-bond acceptors (Lipinski definition) is 3. The number of halogens is 3. The summed E-state index contributed by atoms with van der Waals surface area (Å²) in [6.45, 7) is 2.16. The maximum absolute atomic E-state index is 6.31. The van der Waals surface area contributed by atoms with Crippen LogP contribution in [0, 0.1) is 5.92 Å². The normalized spacial score (nSPS) is 21.7. The van der Waals surface area contributed by atoms with Gasteiger partial charge >= 0.3 is 0 Å². The molecule has 2 aromatic rings. The Balaban J connectivity index is 2.01. The molecule has 3 rings (SSSR count). The largest absolute Gasteiger partial charge is 0.255 e. The zero-order chi connectivity index (χ0) is 14.3. The van der Waals surface area contributed by atoms with Crippen LogP contribution in [0.2, 0.25) is 10.0 Å². The van der Waals surface area contributed by atoms with Crippen molar-refractivity contribution in [1.29, 1.82) is 0 Å². The minimum Gasteiger partial charge on any atom is -0.255 e. The molecule has 104 valence electrons. The molecular formula is C14H11BrCl2N2S. The van der Waals surface area contributed by atoms with Gasteiger partial charge in [-0.2, -0.15) is 5.10 Å². The topological polar surface area (TPSA) is 15.6 Å². The van der Waals surface area contributed by atoms with Gasteiger partial charge in [0, 0.05) is 22.0 Å². The molecule has 1 aliphatic rings. The van der Waals surface area contributed by atoms with Crippen molar-refractivity contribution in [3.05, 3.63) is 49.0 Å². The summed E-state index contributed by atoms with van der Waals surface area (Å²) in [7, 11) is 0. The van der Waals surface area contributed by atoms with Crippen LogP contribution in [0.1, 0.15) is 17.8 Å². The zero-order valence-electron chi connectivity index (χ0n) is 10.6. The first-order valence-electron chi connectivity index (χ1n) is 6.10. The first kappa shape index (κ1) is 14.4. The molecule has 0 aliphatic carbocycles. The number of rotatable bonds is 2. The van der Waals surface area contributed by atoms with E-state index in [-0.39, 0.29) is 6.04 Å². The second-order valence-corrected chi connectivity index (χ2v) is 7.99. The second-order valence-electron chi connectivity index (χ2n) is 4.65. The van der Waals surface area contributed by atoms with Gasteiger partial charge in [-0.1, -0.05) is 30.1 Å². The average molecular weight is 390 g/mol. The Kier molecular flexibility index (Phi) is 4.09. The summed E-state index contributed by atoms with van der Waals surface area (Å²) >= 11 is 17.5. The van der Waals surface area contributed by atoms with Crippen molar-refractivity contribution in [3.8, 4) is 0 Å². The second kappa shape index (κ2) is 5.68. The number of benzene rings is 1. The molecule has 6 heteroatoms. The lowest BCUT2D eigenvalue weighted by Crippen LogP contribution is -2.22. The van der Waals surface area contributed by atoms with Crippen LogP contribution in [0.4, 0.5) is 5.69 Å². The fourth-order valence-corrected chi connectivity index (χ4v) is 4.42. The Hall–Kier alpha value is -0.550. The van der Waals surface area contributed by atoms with Crippen molar-refractivity contribution in [1.82, 2.24) is 0 Å². The van der Waals surface area contributed by atoms with Gasteiger partial charge in [-0.3, -0.25) is 5.01 Å². The molecule has 2 nitrogen and oxygen atoms in total. The van der Waals surface area contributed by atoms with Gasteiger partial charge in [-0.05, 0) is 46.3 Å². The molecule has 0 saturated heterocycles. The maximum Gasteiger partial charge on any atom is 0.0943 e. The van der Waals surface area contributed by atoms with Crippen molar-refractivity contribution < 1.29 is 0 Å². The third kappa shape index (κ3) is 2.62. The average Bonchev–Trinajstić information content (AvgIpc) is 2.96. The quantitative estimate of drug-likeness (QED) is 0.614. The summed E-state index contributed by atoms with van der Waals surface area (Å²) in [5.41, 5.74) is 0.881. The molecular weight excluding hydrogens is 379 g/mol. The number of anilines is 1. The fraction of sp³-hybridized carbons (Fsp3) is 0.214. The predicted molar refractivity (Wildman–Crippen MR) is 91.4 cm³/mol. The lowest BCUT2D eigenvalue weighted by atomic mass is 10.0. The Morgan fingerprint density at radius 2 is 2.05 bits per heavy atom. The maximum atomic E-state index is 6.31. The van der Waals surface area contributed by atoms with Crippen molar-refractivity contribution in [2.75, 3.05) is 5.01 Å². The van der Waals surface area contributed by atoms with Crippen molar-refractivity contribution >= 4 is 62.4 Å². The highest BCUT2D eigenvalue weighted by Gasteiger charge is 2.32. The SMILES string of the molecule is C[C@@H]1C=NN(c2ccc(Cl)cc2Cl)[C@@H]1c1ccc(Br)s1. The van der Waals surface area contributed by atoms with Crippen molar-refractivity contribution in [2.24, 2.45) is 11.0 Å². The molecule has 0 fully saturated rings. The van der Waals surface area contributed by atoms with Crippen LogP contribution < -0.4 is 5.01 Å². The third-order valence-electron chi connectivity index (χ3n) is 3.23. The van der Waals surface area contributed by atoms with Crippen LogP contribution in [0.3, 0.4) is 0 Å². The lowest BCUT2D eigenvalue weighted by molar-refractivity contribution is 0.602. The molecule has 2 heterocycles. The zero-order valence-corrected chi connectivity index (χ0v) is 14.5. The molecule has 0 N–H and O–H groups in total. The van der Waals surface area contributed by atoms with Crippen LogP contribution in [-0.2, 0) is 0 Å². The van der Waals surface area contributed by atoms with E-state index in [1.54, 1.807) is 17.4 Å². The highest BCUT2D eigenvalue weighted by Crippen LogP contribution is 2.43. The molecule has 1 aromatic heterocycles. The van der Waals surface area contributed by atoms with Crippen LogP contribution in [-0.4, -0.2) is 6.21 Å². The molecule has 0 bridgehead atoms. The molecule has 20 heavy (non-hydrogen) atoms. The molecule has 0 amide bonds. The lowest BCUT2D eigenvalue weighted by Gasteiger charge is -2.26. The molecule has 0 unspecified atom stereocenters. The van der Waals surface area contributed by atoms with Gasteiger partial charge in [-0.25, -0.2) is 0 Å². The number of thiophene rings is 1. The number of hydrogen-bond donors (Lipinski definition) is 0. The minimum atomic E-state index is 0.171. The Morgan fingerprint density at radius 1 is 1.25 bits per heavy atom. The van der Waals surface area contributed by atoms with E-state index in [0.29, 0.717) is 16.0 Å². The summed E-state index contributed by atoms with van der Waals surface area (Å²) in [5, 5.41) is 7.74. The molecule has 2 atom stereocenters. The highest BCUT2D eigenvalue weighted by atomic mass is 79.9. The van der Waals surface area contributed by atoms with E-state index >= 15 is 0 Å². The first-order chi connectivity index (χ1) is 9.56. The standard InChI is InChI=1S/C14H11BrCl2N2S/c1-8-7-18-19(11-3-2-9(16)6-10(11)17)14(8)12-4-5-13(15)20-12/h2-8,14H,1H3/t8-,14+/m1/s1.